The van der Waals surface area contributed by atoms with Crippen LogP contribution in [0.2, 0.25) is 0 Å². The van der Waals surface area contributed by atoms with Crippen LogP contribution in [0.5, 0.6) is 11.5 Å². The fourth-order valence-electron chi connectivity index (χ4n) is 9.61. The first-order chi connectivity index (χ1) is 31.7. The molecule has 17 heteroatoms. The van der Waals surface area contributed by atoms with Gasteiger partial charge in [0.25, 0.3) is 5.91 Å². The molecule has 4 heterocycles. The molecule has 4 aromatic rings. The number of aromatic hydroxyl groups is 1. The number of fused-ring (bicyclic) bond motifs is 5. The number of carbonyl (C=O) groups is 2. The fraction of sp³-hybridized carbons (Fsp3) is 0.500. The van der Waals surface area contributed by atoms with Crippen LogP contribution in [-0.2, 0) is 23.8 Å². The largest absolute Gasteiger partial charge is 0.507 e. The molecule has 3 aliphatic rings. The number of aromatic nitrogens is 1. The van der Waals surface area contributed by atoms with E-state index >= 15 is 0 Å². The third kappa shape index (κ3) is 9.09. The minimum atomic E-state index is -1.98. The number of hydrogen-bond acceptors (Lipinski definition) is 16. The molecule has 0 unspecified atom stereocenters. The number of anilines is 2. The summed E-state index contributed by atoms with van der Waals surface area (Å²) >= 11 is 0. The van der Waals surface area contributed by atoms with Crippen molar-refractivity contribution in [1.82, 2.24) is 9.88 Å². The maximum atomic E-state index is 14.9. The Kier molecular flexibility index (Phi) is 14.1. The highest BCUT2D eigenvalue weighted by molar-refractivity contribution is 6.16. The lowest BCUT2D eigenvalue weighted by Gasteiger charge is -2.38. The summed E-state index contributed by atoms with van der Waals surface area (Å²) in [5.41, 5.74) is -1.34. The van der Waals surface area contributed by atoms with Crippen molar-refractivity contribution in [2.45, 2.75) is 98.9 Å². The number of nitrogens with zero attached hydrogens (tertiary/aromatic N) is 3. The molecule has 7 rings (SSSR count). The fourth-order valence-corrected chi connectivity index (χ4v) is 9.61. The molecule has 17 nitrogen and oxygen atoms in total. The van der Waals surface area contributed by atoms with E-state index in [1.807, 2.05) is 0 Å². The van der Waals surface area contributed by atoms with Crippen LogP contribution in [0.25, 0.3) is 38.7 Å². The number of nitrogens with one attached hydrogen (secondary N) is 1. The Morgan fingerprint density at radius 3 is 2.31 bits per heavy atom. The van der Waals surface area contributed by atoms with Gasteiger partial charge in [-0.1, -0.05) is 52.8 Å². The van der Waals surface area contributed by atoms with Crippen LogP contribution in [-0.4, -0.2) is 112 Å². The van der Waals surface area contributed by atoms with Crippen LogP contribution < -0.4 is 31.0 Å². The molecule has 1 aromatic heterocycles. The molecule has 1 fully saturated rings. The number of aliphatic hydroxyl groups is 3. The molecular weight excluding hydrogens is 865 g/mol. The van der Waals surface area contributed by atoms with Crippen molar-refractivity contribution in [2.24, 2.45) is 23.7 Å². The number of amides is 1. The molecule has 67 heavy (non-hydrogen) atoms. The summed E-state index contributed by atoms with van der Waals surface area (Å²) in [5.74, 6) is -6.92. The van der Waals surface area contributed by atoms with Gasteiger partial charge in [0, 0.05) is 105 Å². The number of methoxy groups -OCH3 is 1. The Morgan fingerprint density at radius 2 is 1.66 bits per heavy atom. The van der Waals surface area contributed by atoms with Gasteiger partial charge in [0.05, 0.1) is 35.2 Å². The number of piperazine rings is 1. The minimum Gasteiger partial charge on any atom is -0.507 e. The summed E-state index contributed by atoms with van der Waals surface area (Å²) < 4.78 is 30.5. The summed E-state index contributed by atoms with van der Waals surface area (Å²) in [6.07, 6.45) is 4.59. The number of aliphatic hydroxyl groups excluding tert-OH is 3. The molecular formula is C50H62N4O13. The number of rotatable bonds is 5. The quantitative estimate of drug-likeness (QED) is 0.0997. The predicted molar refractivity (Wildman–Crippen MR) is 254 cm³/mol. The Bertz CT molecular complexity index is 2870. The first kappa shape index (κ1) is 48.9. The van der Waals surface area contributed by atoms with Crippen molar-refractivity contribution in [3.05, 3.63) is 79.5 Å². The van der Waals surface area contributed by atoms with Crippen molar-refractivity contribution < 1.29 is 53.4 Å². The van der Waals surface area contributed by atoms with Crippen LogP contribution in [0.3, 0.4) is 0 Å². The molecule has 1 saturated heterocycles. The molecule has 0 spiro atoms. The van der Waals surface area contributed by atoms with Crippen LogP contribution >= 0.6 is 0 Å². The zero-order valence-corrected chi connectivity index (χ0v) is 39.7. The second-order valence-corrected chi connectivity index (χ2v) is 18.4. The van der Waals surface area contributed by atoms with E-state index < -0.39 is 88.1 Å². The van der Waals surface area contributed by atoms with Gasteiger partial charge in [-0.25, -0.2) is 4.98 Å². The maximum absolute atomic E-state index is 14.9. The van der Waals surface area contributed by atoms with E-state index in [-0.39, 0.29) is 60.8 Å². The van der Waals surface area contributed by atoms with Gasteiger partial charge >= 0.3 is 11.8 Å². The van der Waals surface area contributed by atoms with Crippen LogP contribution in [0, 0.1) is 30.6 Å². The van der Waals surface area contributed by atoms with E-state index in [4.69, 9.17) is 28.3 Å². The molecule has 0 aliphatic carbocycles. The van der Waals surface area contributed by atoms with Crippen molar-refractivity contribution in [2.75, 3.05) is 50.1 Å². The number of ether oxygens (including phenoxy) is 4. The zero-order chi connectivity index (χ0) is 48.8. The monoisotopic (exact) mass is 926 g/mol. The Morgan fingerprint density at radius 1 is 0.955 bits per heavy atom. The van der Waals surface area contributed by atoms with Gasteiger partial charge in [-0.2, -0.15) is 0 Å². The second kappa shape index (κ2) is 19.3. The van der Waals surface area contributed by atoms with E-state index in [1.54, 1.807) is 45.9 Å². The van der Waals surface area contributed by atoms with Crippen LogP contribution in [0.4, 0.5) is 11.4 Å². The second-order valence-electron chi connectivity index (χ2n) is 18.4. The van der Waals surface area contributed by atoms with Gasteiger partial charge in [0.2, 0.25) is 10.9 Å². The first-order valence-corrected chi connectivity index (χ1v) is 22.8. The highest BCUT2D eigenvalue weighted by Crippen LogP contribution is 2.42. The minimum absolute atomic E-state index is 0.0403. The number of benzene rings is 3. The number of carbonyl (C=O) groups excluding carboxylic acids is 2. The van der Waals surface area contributed by atoms with E-state index in [1.165, 1.54) is 59.3 Å². The summed E-state index contributed by atoms with van der Waals surface area (Å²) in [6.45, 7) is 18.6. The number of phenolic OH excluding ortho intramolecular Hbond substituents is 1. The highest BCUT2D eigenvalue weighted by atomic mass is 16.7. The third-order valence-corrected chi connectivity index (χ3v) is 13.7. The topological polar surface area (TPSA) is 231 Å². The van der Waals surface area contributed by atoms with E-state index in [9.17, 15) is 39.6 Å². The molecule has 9 atom stereocenters. The van der Waals surface area contributed by atoms with Gasteiger partial charge < -0.3 is 54.0 Å². The highest BCUT2D eigenvalue weighted by Gasteiger charge is 2.44. The number of allylic oxidation sites excluding steroid dienone is 2. The third-order valence-electron chi connectivity index (χ3n) is 13.7. The summed E-state index contributed by atoms with van der Waals surface area (Å²) in [6, 6.07) is 3.15. The van der Waals surface area contributed by atoms with E-state index in [0.29, 0.717) is 18.8 Å². The molecule has 3 aliphatic heterocycles. The van der Waals surface area contributed by atoms with E-state index in [2.05, 4.69) is 22.0 Å². The van der Waals surface area contributed by atoms with Gasteiger partial charge in [-0.3, -0.25) is 24.1 Å². The van der Waals surface area contributed by atoms with Gasteiger partial charge in [-0.05, 0) is 32.9 Å². The normalized spacial score (nSPS) is 29.7. The molecule has 0 saturated carbocycles. The van der Waals surface area contributed by atoms with Gasteiger partial charge in [0.15, 0.2) is 22.4 Å². The van der Waals surface area contributed by atoms with Crippen molar-refractivity contribution in [3.63, 3.8) is 0 Å². The van der Waals surface area contributed by atoms with Crippen molar-refractivity contribution in [1.29, 1.82) is 0 Å². The first-order valence-electron chi connectivity index (χ1n) is 22.8. The van der Waals surface area contributed by atoms with Crippen LogP contribution in [0.15, 0.2) is 62.3 Å². The predicted octanol–water partition coefficient (Wildman–Crippen LogP) is 5.09. The average Bonchev–Trinajstić information content (AvgIpc) is 3.56. The van der Waals surface area contributed by atoms with Crippen molar-refractivity contribution >= 4 is 62.0 Å². The van der Waals surface area contributed by atoms with Crippen molar-refractivity contribution in [3.8, 4) is 11.5 Å². The average molecular weight is 927 g/mol. The van der Waals surface area contributed by atoms with Gasteiger partial charge in [-0.15, -0.1) is 0 Å². The molecule has 1 amide bonds. The maximum Gasteiger partial charge on any atom is 0.307 e. The van der Waals surface area contributed by atoms with E-state index in [0.717, 1.165) is 26.1 Å². The number of phenols is 1. The lowest BCUT2D eigenvalue weighted by molar-refractivity contribution is -0.160. The Labute approximate surface area is 387 Å². The number of esters is 1. The molecule has 3 aromatic carbocycles. The molecule has 360 valence electrons. The number of hydrogen-bond donors (Lipinski definition) is 5. The Hall–Kier alpha value is -6.01. The lowest BCUT2D eigenvalue weighted by atomic mass is 9.78. The van der Waals surface area contributed by atoms with Gasteiger partial charge in [0.1, 0.15) is 28.8 Å². The lowest BCUT2D eigenvalue weighted by Crippen LogP contribution is -2.46. The Balaban J connectivity index is 1.46. The SMILES string of the molecule is CCCN1CCN(c2cc(=O)c3nc4c(oc3c2)c2c(=O)c3c(O)c(C)c5c(c34)=C(O)[C@@](C)(O/C=C/[C@H](OC)[C@H](C)[C@@H](OC(C)=O)[C@@H](C)[C@H](O)[C@H](C)[C@@H](O)[C@@H](C)/C=C/C=C(/C)C(=O)N2)O5)CC1. The molecule has 5 N–H and O–H groups in total. The summed E-state index contributed by atoms with van der Waals surface area (Å²) in [5, 5.41) is 49.3. The molecule has 5 bridgehead atoms. The summed E-state index contributed by atoms with van der Waals surface area (Å²) in [4.78, 5) is 64.6. The zero-order valence-electron chi connectivity index (χ0n) is 39.7. The molecule has 0 radical (unpaired) electrons. The summed E-state index contributed by atoms with van der Waals surface area (Å²) in [7, 11) is 1.45. The smallest absolute Gasteiger partial charge is 0.307 e. The van der Waals surface area contributed by atoms with Crippen LogP contribution in [0.1, 0.15) is 67.4 Å². The standard InChI is InChI=1S/C50H62N4O13/c1-11-16-53-17-19-54(20-18-53)31-22-32(56)38-34(23-31)66-47-39(51-38)35-36-43(59)29(7)46-37(35)48(61)50(9,67-46)64-21-15-33(63-10)26(4)45(65-30(8)55)28(6)42(58)27(5)41(57)24(2)13-12-14-25(3)49(62)52-40(47)44(36)60/h12-15,21-24,26-28,33,41-42,45,57-59,61H,11,16-20H2,1-10H3,(H,52,62)/b13-12+,21-15+,25-14-/t24-,26-,27+,28-,33-,41-,42+,45+,50-/m0/s1.